The molecule has 2 N–H and O–H groups in total. The summed E-state index contributed by atoms with van der Waals surface area (Å²) in [4.78, 5) is 26.8. The molecule has 0 spiro atoms. The Hall–Kier alpha value is -3.38. The third-order valence-electron chi connectivity index (χ3n) is 5.40. The van der Waals surface area contributed by atoms with Crippen molar-refractivity contribution in [2.75, 3.05) is 7.11 Å². The van der Waals surface area contributed by atoms with Gasteiger partial charge in [0.05, 0.1) is 13.7 Å². The van der Waals surface area contributed by atoms with E-state index in [1.54, 1.807) is 48.8 Å². The third-order valence-corrected chi connectivity index (χ3v) is 6.28. The average Bonchev–Trinajstić information content (AvgIpc) is 3.30. The van der Waals surface area contributed by atoms with Crippen LogP contribution in [0.25, 0.3) is 5.70 Å². The molecule has 1 amide bonds. The van der Waals surface area contributed by atoms with E-state index in [2.05, 4.69) is 24.5 Å². The molecule has 1 aliphatic heterocycles. The number of carbonyl (C=O) groups excluding carboxylic acids is 2. The van der Waals surface area contributed by atoms with Gasteiger partial charge in [0.25, 0.3) is 5.91 Å². The molecule has 32 heavy (non-hydrogen) atoms. The second kappa shape index (κ2) is 9.01. The van der Waals surface area contributed by atoms with Gasteiger partial charge in [-0.1, -0.05) is 24.3 Å². The normalized spacial score (nSPS) is 15.5. The van der Waals surface area contributed by atoms with Gasteiger partial charge < -0.3 is 15.4 Å². The smallest absolute Gasteiger partial charge is 0.251 e. The lowest BCUT2D eigenvalue weighted by Crippen LogP contribution is -2.43. The van der Waals surface area contributed by atoms with Crippen LogP contribution in [-0.2, 0) is 13.0 Å². The first-order valence-corrected chi connectivity index (χ1v) is 11.3. The number of rotatable bonds is 6. The molecule has 0 atom stereocenters. The number of carbonyl (C=O) groups is 2. The summed E-state index contributed by atoms with van der Waals surface area (Å²) in [5.74, 6) is 0.382. The summed E-state index contributed by atoms with van der Waals surface area (Å²) < 4.78 is 5.38. The van der Waals surface area contributed by atoms with Gasteiger partial charge in [0.1, 0.15) is 5.75 Å². The van der Waals surface area contributed by atoms with Gasteiger partial charge in [0, 0.05) is 38.9 Å². The van der Waals surface area contributed by atoms with Gasteiger partial charge in [-0.05, 0) is 61.5 Å². The minimum Gasteiger partial charge on any atom is -0.497 e. The first kappa shape index (κ1) is 21.8. The Morgan fingerprint density at radius 1 is 1.12 bits per heavy atom. The Kier molecular flexibility index (Phi) is 6.15. The number of nitrogens with one attached hydrogen (secondary N) is 2. The van der Waals surface area contributed by atoms with Crippen molar-refractivity contribution in [3.05, 3.63) is 93.2 Å². The molecule has 0 saturated carbocycles. The van der Waals surface area contributed by atoms with Crippen molar-refractivity contribution in [1.29, 1.82) is 0 Å². The van der Waals surface area contributed by atoms with Crippen molar-refractivity contribution < 1.29 is 14.3 Å². The zero-order chi connectivity index (χ0) is 22.7. The molecule has 3 aromatic rings. The van der Waals surface area contributed by atoms with Crippen molar-refractivity contribution in [3.63, 3.8) is 0 Å². The average molecular weight is 447 g/mol. The van der Waals surface area contributed by atoms with Gasteiger partial charge >= 0.3 is 0 Å². The maximum absolute atomic E-state index is 13.1. The summed E-state index contributed by atoms with van der Waals surface area (Å²) in [6.07, 6.45) is 2.46. The summed E-state index contributed by atoms with van der Waals surface area (Å²) in [5, 5.41) is 8.36. The number of hydrogen-bond acceptors (Lipinski definition) is 5. The molecule has 6 heteroatoms. The maximum Gasteiger partial charge on any atom is 0.251 e. The highest BCUT2D eigenvalue weighted by Crippen LogP contribution is 2.32. The summed E-state index contributed by atoms with van der Waals surface area (Å²) in [5.41, 5.74) is 3.63. The molecule has 1 aliphatic rings. The van der Waals surface area contributed by atoms with E-state index in [0.29, 0.717) is 17.7 Å². The number of amides is 1. The van der Waals surface area contributed by atoms with Crippen LogP contribution in [0.15, 0.2) is 66.1 Å². The van der Waals surface area contributed by atoms with E-state index >= 15 is 0 Å². The van der Waals surface area contributed by atoms with Crippen molar-refractivity contribution in [3.8, 4) is 5.75 Å². The molecule has 2 heterocycles. The summed E-state index contributed by atoms with van der Waals surface area (Å²) in [6, 6.07) is 16.7. The molecule has 2 aromatic carbocycles. The first-order valence-electron chi connectivity index (χ1n) is 10.5. The minimum atomic E-state index is -0.201. The van der Waals surface area contributed by atoms with Crippen LogP contribution < -0.4 is 15.4 Å². The molecular formula is C26H26N2O3S. The molecule has 0 bridgehead atoms. The van der Waals surface area contributed by atoms with Gasteiger partial charge in [0.15, 0.2) is 5.78 Å². The van der Waals surface area contributed by atoms with E-state index in [9.17, 15) is 9.59 Å². The minimum absolute atomic E-state index is 0.160. The topological polar surface area (TPSA) is 67.4 Å². The monoisotopic (exact) mass is 446 g/mol. The molecule has 0 saturated heterocycles. The van der Waals surface area contributed by atoms with Crippen molar-refractivity contribution in [2.24, 2.45) is 0 Å². The Labute approximate surface area is 192 Å². The van der Waals surface area contributed by atoms with E-state index in [0.717, 1.165) is 33.9 Å². The van der Waals surface area contributed by atoms with Gasteiger partial charge in [-0.25, -0.2) is 0 Å². The van der Waals surface area contributed by atoms with Gasteiger partial charge in [0.2, 0.25) is 0 Å². The van der Waals surface area contributed by atoms with Gasteiger partial charge in [-0.15, -0.1) is 11.3 Å². The van der Waals surface area contributed by atoms with Crippen LogP contribution in [-0.4, -0.2) is 24.3 Å². The van der Waals surface area contributed by atoms with E-state index in [4.69, 9.17) is 4.74 Å². The third kappa shape index (κ3) is 4.92. The molecular weight excluding hydrogens is 420 g/mol. The lowest BCUT2D eigenvalue weighted by atomic mass is 9.85. The van der Waals surface area contributed by atoms with Crippen LogP contribution in [0.5, 0.6) is 5.75 Å². The molecule has 5 nitrogen and oxygen atoms in total. The number of benzene rings is 2. The van der Waals surface area contributed by atoms with Gasteiger partial charge in [-0.2, -0.15) is 0 Å². The van der Waals surface area contributed by atoms with Crippen LogP contribution in [0, 0.1) is 0 Å². The number of methoxy groups -OCH3 is 1. The second-order valence-electron chi connectivity index (χ2n) is 8.47. The molecule has 4 rings (SSSR count). The highest BCUT2D eigenvalue weighted by Gasteiger charge is 2.28. The van der Waals surface area contributed by atoms with Crippen LogP contribution in [0.3, 0.4) is 0 Å². The molecule has 0 radical (unpaired) electrons. The zero-order valence-electron chi connectivity index (χ0n) is 18.4. The summed E-state index contributed by atoms with van der Waals surface area (Å²) >= 11 is 1.59. The molecule has 0 aliphatic carbocycles. The van der Waals surface area contributed by atoms with Crippen LogP contribution in [0.1, 0.15) is 50.6 Å². The predicted octanol–water partition coefficient (Wildman–Crippen LogP) is 4.83. The van der Waals surface area contributed by atoms with E-state index in [-0.39, 0.29) is 17.2 Å². The fourth-order valence-corrected chi connectivity index (χ4v) is 4.51. The Morgan fingerprint density at radius 3 is 2.69 bits per heavy atom. The predicted molar refractivity (Wildman–Crippen MR) is 128 cm³/mol. The Bertz CT molecular complexity index is 1180. The lowest BCUT2D eigenvalue weighted by Gasteiger charge is -2.35. The SMILES string of the molecule is COc1ccc2c(c1)/C(=C/C(=O)c1cccc(C(=O)NCc3cccs3)c1)NC(C)(C)C2. The fourth-order valence-electron chi connectivity index (χ4n) is 3.86. The zero-order valence-corrected chi connectivity index (χ0v) is 19.2. The van der Waals surface area contributed by atoms with Gasteiger partial charge in [-0.3, -0.25) is 9.59 Å². The Morgan fingerprint density at radius 2 is 1.94 bits per heavy atom. The van der Waals surface area contributed by atoms with E-state index in [1.165, 1.54) is 0 Å². The highest BCUT2D eigenvalue weighted by atomic mass is 32.1. The van der Waals surface area contributed by atoms with Crippen LogP contribution in [0.4, 0.5) is 0 Å². The second-order valence-corrected chi connectivity index (χ2v) is 9.51. The van der Waals surface area contributed by atoms with Crippen molar-refractivity contribution in [1.82, 2.24) is 10.6 Å². The largest absolute Gasteiger partial charge is 0.497 e. The molecule has 0 fully saturated rings. The number of allylic oxidation sites excluding steroid dienone is 1. The molecule has 1 aromatic heterocycles. The summed E-state index contributed by atoms with van der Waals surface area (Å²) in [6.45, 7) is 4.68. The number of hydrogen-bond donors (Lipinski definition) is 2. The van der Waals surface area contributed by atoms with Crippen LogP contribution in [0.2, 0.25) is 0 Å². The fraction of sp³-hybridized carbons (Fsp3) is 0.231. The molecule has 164 valence electrons. The summed E-state index contributed by atoms with van der Waals surface area (Å²) in [7, 11) is 1.63. The number of fused-ring (bicyclic) bond motifs is 1. The van der Waals surface area contributed by atoms with E-state index in [1.807, 2.05) is 35.7 Å². The standard InChI is InChI=1S/C26H26N2O3S/c1-26(2)15-19-9-10-20(31-3)13-22(19)23(28-26)14-24(29)17-6-4-7-18(12-17)25(30)27-16-21-8-5-11-32-21/h4-14,28H,15-16H2,1-3H3,(H,27,30)/b23-14-. The first-order chi connectivity index (χ1) is 15.3. The number of ketones is 1. The van der Waals surface area contributed by atoms with Crippen LogP contribution >= 0.6 is 11.3 Å². The Balaban J connectivity index is 1.58. The van der Waals surface area contributed by atoms with Crippen molar-refractivity contribution in [2.45, 2.75) is 32.4 Å². The lowest BCUT2D eigenvalue weighted by molar-refractivity contribution is 0.0951. The number of ether oxygens (including phenoxy) is 1. The highest BCUT2D eigenvalue weighted by molar-refractivity contribution is 7.09. The molecule has 0 unspecified atom stereocenters. The maximum atomic E-state index is 13.1. The quantitative estimate of drug-likeness (QED) is 0.420. The van der Waals surface area contributed by atoms with E-state index < -0.39 is 0 Å². The number of thiophene rings is 1. The van der Waals surface area contributed by atoms with Crippen molar-refractivity contribution >= 4 is 28.7 Å².